The molecule has 0 saturated carbocycles. The predicted molar refractivity (Wildman–Crippen MR) is 96.3 cm³/mol. The van der Waals surface area contributed by atoms with E-state index in [1.54, 1.807) is 26.4 Å². The number of halogens is 1. The van der Waals surface area contributed by atoms with Gasteiger partial charge in [0.05, 0.1) is 20.3 Å². The highest BCUT2D eigenvalue weighted by atomic mass is 35.5. The van der Waals surface area contributed by atoms with Crippen molar-refractivity contribution in [2.24, 2.45) is 0 Å². The van der Waals surface area contributed by atoms with Crippen molar-refractivity contribution in [2.75, 3.05) is 19.5 Å². The summed E-state index contributed by atoms with van der Waals surface area (Å²) in [5.41, 5.74) is 2.46. The summed E-state index contributed by atoms with van der Waals surface area (Å²) in [6.45, 7) is 3.78. The Morgan fingerprint density at radius 3 is 2.42 bits per heavy atom. The molecule has 2 N–H and O–H groups in total. The van der Waals surface area contributed by atoms with Crippen LogP contribution >= 0.6 is 11.6 Å². The first-order valence-corrected chi connectivity index (χ1v) is 7.88. The van der Waals surface area contributed by atoms with Crippen molar-refractivity contribution in [3.63, 3.8) is 0 Å². The second kappa shape index (κ2) is 7.93. The molecule has 2 amide bonds. The molecule has 0 bridgehead atoms. The van der Waals surface area contributed by atoms with E-state index in [1.165, 1.54) is 0 Å². The molecule has 128 valence electrons. The second-order valence-electron chi connectivity index (χ2n) is 5.40. The number of ether oxygens (including phenoxy) is 2. The van der Waals surface area contributed by atoms with Gasteiger partial charge in [0.1, 0.15) is 0 Å². The van der Waals surface area contributed by atoms with Gasteiger partial charge in [-0.15, -0.1) is 0 Å². The maximum atomic E-state index is 12.3. The minimum atomic E-state index is -0.308. The summed E-state index contributed by atoms with van der Waals surface area (Å²) in [5.74, 6) is 1.18. The van der Waals surface area contributed by atoms with Crippen LogP contribution in [-0.4, -0.2) is 20.3 Å². The van der Waals surface area contributed by atoms with Crippen molar-refractivity contribution in [2.45, 2.75) is 19.9 Å². The molecule has 0 radical (unpaired) electrons. The van der Waals surface area contributed by atoms with Crippen LogP contribution < -0.4 is 20.1 Å². The van der Waals surface area contributed by atoms with Crippen molar-refractivity contribution < 1.29 is 14.3 Å². The molecule has 0 saturated heterocycles. The first-order valence-electron chi connectivity index (χ1n) is 7.50. The summed E-state index contributed by atoms with van der Waals surface area (Å²) in [5, 5.41) is 6.35. The van der Waals surface area contributed by atoms with E-state index in [4.69, 9.17) is 21.1 Å². The molecule has 0 unspecified atom stereocenters. The Morgan fingerprint density at radius 2 is 1.79 bits per heavy atom. The number of aryl methyl sites for hydroxylation is 1. The summed E-state index contributed by atoms with van der Waals surface area (Å²) in [7, 11) is 3.13. The lowest BCUT2D eigenvalue weighted by molar-refractivity contribution is 0.249. The normalized spacial score (nSPS) is 11.5. The van der Waals surface area contributed by atoms with Gasteiger partial charge < -0.3 is 20.1 Å². The molecule has 0 aromatic heterocycles. The minimum Gasteiger partial charge on any atom is -0.493 e. The summed E-state index contributed by atoms with van der Waals surface area (Å²) >= 11 is 5.98. The van der Waals surface area contributed by atoms with E-state index < -0.39 is 0 Å². The summed E-state index contributed by atoms with van der Waals surface area (Å²) in [6, 6.07) is 10.5. The van der Waals surface area contributed by atoms with Gasteiger partial charge in [-0.25, -0.2) is 4.79 Å². The molecule has 24 heavy (non-hydrogen) atoms. The van der Waals surface area contributed by atoms with Crippen LogP contribution in [0.15, 0.2) is 36.4 Å². The summed E-state index contributed by atoms with van der Waals surface area (Å²) < 4.78 is 10.5. The van der Waals surface area contributed by atoms with Gasteiger partial charge in [0, 0.05) is 16.8 Å². The van der Waals surface area contributed by atoms with Gasteiger partial charge in [-0.2, -0.15) is 0 Å². The summed E-state index contributed by atoms with van der Waals surface area (Å²) in [4.78, 5) is 12.3. The van der Waals surface area contributed by atoms with Gasteiger partial charge in [0.2, 0.25) is 0 Å². The first kappa shape index (κ1) is 17.9. The molecule has 0 spiro atoms. The molecule has 0 aliphatic carbocycles. The van der Waals surface area contributed by atoms with E-state index in [9.17, 15) is 4.79 Å². The maximum Gasteiger partial charge on any atom is 0.319 e. The van der Waals surface area contributed by atoms with Crippen molar-refractivity contribution >= 4 is 23.3 Å². The Hall–Kier alpha value is -2.40. The zero-order valence-electron chi connectivity index (χ0n) is 14.1. The van der Waals surface area contributed by atoms with Crippen molar-refractivity contribution in [1.29, 1.82) is 0 Å². The number of methoxy groups -OCH3 is 2. The largest absolute Gasteiger partial charge is 0.493 e. The smallest absolute Gasteiger partial charge is 0.319 e. The van der Waals surface area contributed by atoms with Crippen LogP contribution in [0.2, 0.25) is 5.02 Å². The zero-order valence-corrected chi connectivity index (χ0v) is 14.9. The van der Waals surface area contributed by atoms with Crippen LogP contribution in [0, 0.1) is 6.92 Å². The number of rotatable bonds is 5. The number of amides is 2. The lowest BCUT2D eigenvalue weighted by atomic mass is 10.1. The molecule has 5 nitrogen and oxygen atoms in total. The molecule has 1 atom stereocenters. The SMILES string of the molecule is COc1cc(C)c(NC(=O)N[C@H](C)c2cccc(Cl)c2)cc1OC. The topological polar surface area (TPSA) is 59.6 Å². The van der Waals surface area contributed by atoms with Gasteiger partial charge in [0.15, 0.2) is 11.5 Å². The fourth-order valence-electron chi connectivity index (χ4n) is 2.33. The van der Waals surface area contributed by atoms with E-state index in [1.807, 2.05) is 38.1 Å². The van der Waals surface area contributed by atoms with E-state index in [2.05, 4.69) is 10.6 Å². The lowest BCUT2D eigenvalue weighted by Gasteiger charge is -2.17. The van der Waals surface area contributed by atoms with Crippen LogP contribution in [0.4, 0.5) is 10.5 Å². The number of hydrogen-bond acceptors (Lipinski definition) is 3. The number of benzene rings is 2. The predicted octanol–water partition coefficient (Wildman–Crippen LogP) is 4.55. The molecule has 6 heteroatoms. The number of carbonyl (C=O) groups is 1. The molecule has 2 aromatic carbocycles. The number of carbonyl (C=O) groups excluding carboxylic acids is 1. The van der Waals surface area contributed by atoms with Gasteiger partial charge in [-0.3, -0.25) is 0 Å². The Morgan fingerprint density at radius 1 is 1.12 bits per heavy atom. The van der Waals surface area contributed by atoms with Gasteiger partial charge in [-0.05, 0) is 43.2 Å². The van der Waals surface area contributed by atoms with Crippen LogP contribution in [0.5, 0.6) is 11.5 Å². The Bertz CT molecular complexity index is 734. The molecule has 0 aliphatic heterocycles. The summed E-state index contributed by atoms with van der Waals surface area (Å²) in [6.07, 6.45) is 0. The zero-order chi connectivity index (χ0) is 17.7. The highest BCUT2D eigenvalue weighted by Crippen LogP contribution is 2.32. The average molecular weight is 349 g/mol. The Labute approximate surface area is 146 Å². The highest BCUT2D eigenvalue weighted by molar-refractivity contribution is 6.30. The Balaban J connectivity index is 2.09. The van der Waals surface area contributed by atoms with E-state index >= 15 is 0 Å². The van der Waals surface area contributed by atoms with Crippen LogP contribution in [0.3, 0.4) is 0 Å². The van der Waals surface area contributed by atoms with Crippen LogP contribution in [-0.2, 0) is 0 Å². The third kappa shape index (κ3) is 4.32. The number of hydrogen-bond donors (Lipinski definition) is 2. The van der Waals surface area contributed by atoms with Gasteiger partial charge in [0.25, 0.3) is 0 Å². The highest BCUT2D eigenvalue weighted by Gasteiger charge is 2.13. The number of urea groups is 1. The lowest BCUT2D eigenvalue weighted by Crippen LogP contribution is -2.31. The standard InChI is InChI=1S/C18H21ClN2O3/c1-11-8-16(23-3)17(24-4)10-15(11)21-18(22)20-12(2)13-6-5-7-14(19)9-13/h5-10,12H,1-4H3,(H2,20,21,22)/t12-/m1/s1. The molecule has 0 aliphatic rings. The van der Waals surface area contributed by atoms with E-state index in [-0.39, 0.29) is 12.1 Å². The molecular formula is C18H21ClN2O3. The van der Waals surface area contributed by atoms with Gasteiger partial charge >= 0.3 is 6.03 Å². The fourth-order valence-corrected chi connectivity index (χ4v) is 2.53. The molecule has 2 aromatic rings. The van der Waals surface area contributed by atoms with E-state index in [0.29, 0.717) is 22.2 Å². The molecular weight excluding hydrogens is 328 g/mol. The van der Waals surface area contributed by atoms with Crippen molar-refractivity contribution in [1.82, 2.24) is 5.32 Å². The quantitative estimate of drug-likeness (QED) is 0.833. The average Bonchev–Trinajstić information content (AvgIpc) is 2.56. The molecule has 2 rings (SSSR count). The number of anilines is 1. The molecule has 0 heterocycles. The third-order valence-corrected chi connectivity index (χ3v) is 3.91. The number of nitrogens with one attached hydrogen (secondary N) is 2. The second-order valence-corrected chi connectivity index (χ2v) is 5.83. The maximum absolute atomic E-state index is 12.3. The first-order chi connectivity index (χ1) is 11.4. The minimum absolute atomic E-state index is 0.177. The van der Waals surface area contributed by atoms with Crippen molar-refractivity contribution in [3.8, 4) is 11.5 Å². The fraction of sp³-hybridized carbons (Fsp3) is 0.278. The third-order valence-electron chi connectivity index (χ3n) is 3.68. The monoisotopic (exact) mass is 348 g/mol. The Kier molecular flexibility index (Phi) is 5.93. The van der Waals surface area contributed by atoms with Crippen LogP contribution in [0.25, 0.3) is 0 Å². The van der Waals surface area contributed by atoms with Crippen molar-refractivity contribution in [3.05, 3.63) is 52.5 Å². The van der Waals surface area contributed by atoms with Crippen LogP contribution in [0.1, 0.15) is 24.1 Å². The van der Waals surface area contributed by atoms with Gasteiger partial charge in [-0.1, -0.05) is 23.7 Å². The van der Waals surface area contributed by atoms with E-state index in [0.717, 1.165) is 11.1 Å². The molecule has 0 fully saturated rings.